The van der Waals surface area contributed by atoms with Gasteiger partial charge in [0, 0.05) is 29.7 Å². The highest BCUT2D eigenvalue weighted by Crippen LogP contribution is 2.20. The van der Waals surface area contributed by atoms with E-state index in [1.807, 2.05) is 17.9 Å². The molecule has 1 aromatic carbocycles. The molecule has 1 aromatic rings. The minimum Gasteiger partial charge on any atom is -0.338 e. The monoisotopic (exact) mass is 302 g/mol. The summed E-state index contributed by atoms with van der Waals surface area (Å²) < 4.78 is 0. The maximum Gasteiger partial charge on any atom is 0.253 e. The van der Waals surface area contributed by atoms with Crippen LogP contribution in [0.25, 0.3) is 0 Å². The van der Waals surface area contributed by atoms with Gasteiger partial charge in [0.15, 0.2) is 0 Å². The number of carbonyl (C=O) groups is 1. The molecule has 5 heteroatoms. The quantitative estimate of drug-likeness (QED) is 0.867. The number of carbonyl (C=O) groups excluding carboxylic acids is 1. The Balaban J connectivity index is 0.00000180. The number of hydrogen-bond acceptors (Lipinski definition) is 2. The van der Waals surface area contributed by atoms with Crippen molar-refractivity contribution in [1.82, 2.24) is 4.90 Å². The summed E-state index contributed by atoms with van der Waals surface area (Å²) in [7, 11) is 0. The van der Waals surface area contributed by atoms with Gasteiger partial charge < -0.3 is 10.6 Å². The topological polar surface area (TPSA) is 46.3 Å². The number of hydrogen-bond donors (Lipinski definition) is 1. The van der Waals surface area contributed by atoms with Crippen LogP contribution in [0.15, 0.2) is 18.2 Å². The molecule has 1 heterocycles. The van der Waals surface area contributed by atoms with Crippen LogP contribution in [-0.2, 0) is 0 Å². The summed E-state index contributed by atoms with van der Waals surface area (Å²) in [4.78, 5) is 14.2. The van der Waals surface area contributed by atoms with Gasteiger partial charge in [0.05, 0.1) is 0 Å². The highest BCUT2D eigenvalue weighted by molar-refractivity contribution is 6.31. The van der Waals surface area contributed by atoms with E-state index in [9.17, 15) is 4.79 Å². The number of rotatable bonds is 1. The average molecular weight is 303 g/mol. The first-order valence-electron chi connectivity index (χ1n) is 6.30. The van der Waals surface area contributed by atoms with Gasteiger partial charge in [-0.1, -0.05) is 18.5 Å². The Hall–Kier alpha value is -0.770. The Morgan fingerprint density at radius 2 is 2.16 bits per heavy atom. The smallest absolute Gasteiger partial charge is 0.253 e. The highest BCUT2D eigenvalue weighted by Gasteiger charge is 2.26. The van der Waals surface area contributed by atoms with Crippen molar-refractivity contribution in [2.75, 3.05) is 13.1 Å². The van der Waals surface area contributed by atoms with Crippen LogP contribution in [0.5, 0.6) is 0 Å². The summed E-state index contributed by atoms with van der Waals surface area (Å²) in [5, 5.41) is 0.695. The number of nitrogens with zero attached hydrogens (tertiary/aromatic N) is 1. The maximum atomic E-state index is 12.4. The molecule has 0 aromatic heterocycles. The number of halogens is 2. The van der Waals surface area contributed by atoms with Gasteiger partial charge in [-0.05, 0) is 43.0 Å². The number of nitrogens with two attached hydrogens (primary N) is 1. The van der Waals surface area contributed by atoms with E-state index in [1.165, 1.54) is 0 Å². The van der Waals surface area contributed by atoms with E-state index in [1.54, 1.807) is 12.1 Å². The Bertz CT molecular complexity index is 465. The summed E-state index contributed by atoms with van der Waals surface area (Å²) in [5.41, 5.74) is 7.61. The third kappa shape index (κ3) is 3.62. The van der Waals surface area contributed by atoms with E-state index in [4.69, 9.17) is 17.3 Å². The lowest BCUT2D eigenvalue weighted by Crippen LogP contribution is -2.48. The molecular weight excluding hydrogens is 283 g/mol. The normalized spacial score (nSPS) is 22.8. The van der Waals surface area contributed by atoms with Gasteiger partial charge in [0.1, 0.15) is 0 Å². The summed E-state index contributed by atoms with van der Waals surface area (Å²) in [5.74, 6) is 0.435. The van der Waals surface area contributed by atoms with Crippen molar-refractivity contribution in [3.8, 4) is 0 Å². The Labute approximate surface area is 125 Å². The first-order valence-corrected chi connectivity index (χ1v) is 6.68. The summed E-state index contributed by atoms with van der Waals surface area (Å²) in [6, 6.07) is 5.63. The second-order valence-electron chi connectivity index (χ2n) is 5.14. The highest BCUT2D eigenvalue weighted by atomic mass is 35.5. The third-order valence-corrected chi connectivity index (χ3v) is 4.09. The molecule has 0 aliphatic carbocycles. The molecule has 1 amide bonds. The average Bonchev–Trinajstić information content (AvgIpc) is 2.35. The Kier molecular flexibility index (Phi) is 5.65. The van der Waals surface area contributed by atoms with Crippen molar-refractivity contribution in [2.24, 2.45) is 11.7 Å². The maximum absolute atomic E-state index is 12.4. The number of aryl methyl sites for hydroxylation is 1. The van der Waals surface area contributed by atoms with E-state index in [0.29, 0.717) is 16.5 Å². The molecule has 2 N–H and O–H groups in total. The minimum absolute atomic E-state index is 0. The zero-order chi connectivity index (χ0) is 13.3. The van der Waals surface area contributed by atoms with Crippen LogP contribution >= 0.6 is 24.0 Å². The first-order chi connectivity index (χ1) is 8.49. The molecule has 1 aliphatic heterocycles. The number of amides is 1. The van der Waals surface area contributed by atoms with E-state index in [0.717, 1.165) is 25.1 Å². The standard InChI is InChI=1S/C14H19ClN2O.ClH/c1-9-7-11(3-4-12(9)15)14(18)17-6-5-13(16)10(2)8-17;/h3-4,7,10,13H,5-6,8,16H2,1-2H3;1H. The minimum atomic E-state index is 0. The second-order valence-corrected chi connectivity index (χ2v) is 5.55. The van der Waals surface area contributed by atoms with E-state index in [-0.39, 0.29) is 24.4 Å². The molecule has 2 unspecified atom stereocenters. The fourth-order valence-electron chi connectivity index (χ4n) is 2.31. The van der Waals surface area contributed by atoms with Crippen molar-refractivity contribution >= 4 is 29.9 Å². The lowest BCUT2D eigenvalue weighted by atomic mass is 9.94. The van der Waals surface area contributed by atoms with Gasteiger partial charge >= 0.3 is 0 Å². The van der Waals surface area contributed by atoms with Crippen LogP contribution in [0.3, 0.4) is 0 Å². The molecule has 1 aliphatic rings. The predicted molar refractivity (Wildman–Crippen MR) is 81.1 cm³/mol. The first kappa shape index (κ1) is 16.3. The molecule has 1 fully saturated rings. The number of likely N-dealkylation sites (tertiary alicyclic amines) is 1. The van der Waals surface area contributed by atoms with Gasteiger partial charge in [-0.15, -0.1) is 12.4 Å². The molecule has 0 bridgehead atoms. The van der Waals surface area contributed by atoms with Crippen LogP contribution in [0.1, 0.15) is 29.3 Å². The van der Waals surface area contributed by atoms with Gasteiger partial charge in [0.25, 0.3) is 5.91 Å². The van der Waals surface area contributed by atoms with Gasteiger partial charge in [-0.2, -0.15) is 0 Å². The molecule has 0 radical (unpaired) electrons. The molecule has 2 atom stereocenters. The van der Waals surface area contributed by atoms with Gasteiger partial charge in [0.2, 0.25) is 0 Å². The van der Waals surface area contributed by atoms with Crippen LogP contribution in [0.4, 0.5) is 0 Å². The molecule has 2 rings (SSSR count). The van der Waals surface area contributed by atoms with E-state index < -0.39 is 0 Å². The summed E-state index contributed by atoms with van der Waals surface area (Å²) >= 11 is 5.97. The van der Waals surface area contributed by atoms with Crippen LogP contribution in [-0.4, -0.2) is 29.9 Å². The van der Waals surface area contributed by atoms with E-state index >= 15 is 0 Å². The van der Waals surface area contributed by atoms with Crippen molar-refractivity contribution in [3.63, 3.8) is 0 Å². The molecule has 0 spiro atoms. The van der Waals surface area contributed by atoms with Crippen molar-refractivity contribution in [3.05, 3.63) is 34.3 Å². The van der Waals surface area contributed by atoms with Crippen molar-refractivity contribution in [1.29, 1.82) is 0 Å². The zero-order valence-electron chi connectivity index (χ0n) is 11.2. The molecule has 1 saturated heterocycles. The summed E-state index contributed by atoms with van der Waals surface area (Å²) in [6.07, 6.45) is 0.874. The van der Waals surface area contributed by atoms with Crippen molar-refractivity contribution < 1.29 is 4.79 Å². The Morgan fingerprint density at radius 3 is 2.74 bits per heavy atom. The lowest BCUT2D eigenvalue weighted by molar-refractivity contribution is 0.0664. The SMILES string of the molecule is Cc1cc(C(=O)N2CCC(N)C(C)C2)ccc1Cl.Cl. The fraction of sp³-hybridized carbons (Fsp3) is 0.500. The largest absolute Gasteiger partial charge is 0.338 e. The zero-order valence-corrected chi connectivity index (χ0v) is 12.8. The van der Waals surface area contributed by atoms with E-state index in [2.05, 4.69) is 6.92 Å². The molecular formula is C14H20Cl2N2O. The number of benzene rings is 1. The second kappa shape index (κ2) is 6.60. The van der Waals surface area contributed by atoms with Crippen molar-refractivity contribution in [2.45, 2.75) is 26.3 Å². The van der Waals surface area contributed by atoms with Crippen LogP contribution in [0, 0.1) is 12.8 Å². The fourth-order valence-corrected chi connectivity index (χ4v) is 2.43. The Morgan fingerprint density at radius 1 is 1.47 bits per heavy atom. The van der Waals surface area contributed by atoms with Gasteiger partial charge in [-0.25, -0.2) is 0 Å². The van der Waals surface area contributed by atoms with Gasteiger partial charge in [-0.3, -0.25) is 4.79 Å². The molecule has 106 valence electrons. The molecule has 3 nitrogen and oxygen atoms in total. The third-order valence-electron chi connectivity index (χ3n) is 3.66. The van der Waals surface area contributed by atoms with Crippen LogP contribution in [0.2, 0.25) is 5.02 Å². The molecule has 19 heavy (non-hydrogen) atoms. The lowest BCUT2D eigenvalue weighted by Gasteiger charge is -2.35. The molecule has 0 saturated carbocycles. The van der Waals surface area contributed by atoms with Crippen LogP contribution < -0.4 is 5.73 Å². The summed E-state index contributed by atoms with van der Waals surface area (Å²) in [6.45, 7) is 5.48. The predicted octanol–water partition coefficient (Wildman–Crippen LogP) is 2.88. The number of piperidine rings is 1.